The highest BCUT2D eigenvalue weighted by Crippen LogP contribution is 2.38. The van der Waals surface area contributed by atoms with Crippen LogP contribution in [0, 0.1) is 31.3 Å². The van der Waals surface area contributed by atoms with Gasteiger partial charge in [-0.15, -0.1) is 0 Å². The van der Waals surface area contributed by atoms with Crippen LogP contribution in [-0.4, -0.2) is 96.7 Å². The van der Waals surface area contributed by atoms with Gasteiger partial charge in [0, 0.05) is 28.8 Å². The standard InChI is InChI=1S/C27H26FNO5.C24H19FO3.C7H4BrFO.C3H7NO3/c1-17-19(3-2-4-22(17)20-8-10-25-26(14-20)34-12-11-33-25)6-7-21-13-18(5-9-23(21)28)15-29-24(16-30)27(31)32;1-16-18(6-7-20-13-17(15-26)5-9-22(20)25)3-2-4-21(16)19-8-10-23-24(14-19)28-12-11-27-23;8-6-3-5(4-10)1-2-7(6)9;4-2(1-5)3(6)7/h2-10,13-14,24,29-30H,11-12,15-16H2,1H3,(H,31,32);2-10,13-15H,11-12H2,1H3;1-4H;2,5H,1,4H2,(H,6,7)/b2*7-6+;;. The molecule has 9 rings (SSSR count). The average molecular weight is 1150 g/mol. The number of aliphatic hydroxyl groups excluding tert-OH is 2. The summed E-state index contributed by atoms with van der Waals surface area (Å²) in [4.78, 5) is 41.8. The molecule has 18 heteroatoms. The number of carboxylic acids is 2. The number of benzene rings is 7. The molecule has 0 fully saturated rings. The molecule has 7 N–H and O–H groups in total. The second kappa shape index (κ2) is 29.4. The van der Waals surface area contributed by atoms with E-state index in [1.807, 2.05) is 98.8 Å². The van der Waals surface area contributed by atoms with Crippen LogP contribution >= 0.6 is 15.9 Å². The van der Waals surface area contributed by atoms with Crippen molar-refractivity contribution in [2.24, 2.45) is 5.73 Å². The average Bonchev–Trinajstić information content (AvgIpc) is 3.47. The predicted octanol–water partition coefficient (Wildman–Crippen LogP) is 10.6. The first-order chi connectivity index (χ1) is 38.0. The second-order valence-electron chi connectivity index (χ2n) is 17.6. The summed E-state index contributed by atoms with van der Waals surface area (Å²) in [6.45, 7) is 5.38. The molecule has 0 saturated heterocycles. The van der Waals surface area contributed by atoms with E-state index in [0.717, 1.165) is 67.5 Å². The predicted molar refractivity (Wildman–Crippen MR) is 299 cm³/mol. The maximum Gasteiger partial charge on any atom is 0.323 e. The number of nitrogens with one attached hydrogen (secondary N) is 1. The van der Waals surface area contributed by atoms with Gasteiger partial charge in [0.25, 0.3) is 0 Å². The number of ether oxygens (including phenoxy) is 4. The lowest BCUT2D eigenvalue weighted by molar-refractivity contribution is -0.141. The Labute approximate surface area is 462 Å². The van der Waals surface area contributed by atoms with E-state index < -0.39 is 37.2 Å². The molecule has 0 amide bonds. The van der Waals surface area contributed by atoms with Gasteiger partial charge < -0.3 is 45.1 Å². The van der Waals surface area contributed by atoms with E-state index in [1.54, 1.807) is 30.4 Å². The molecular weight excluding hydrogens is 1090 g/mol. The summed E-state index contributed by atoms with van der Waals surface area (Å²) in [5, 5.41) is 36.8. The van der Waals surface area contributed by atoms with Crippen LogP contribution in [-0.2, 0) is 16.1 Å². The van der Waals surface area contributed by atoms with Crippen LogP contribution in [0.4, 0.5) is 13.2 Å². The Bertz CT molecular complexity index is 3350. The van der Waals surface area contributed by atoms with E-state index in [9.17, 15) is 32.3 Å². The Balaban J connectivity index is 0.000000199. The van der Waals surface area contributed by atoms with Crippen LogP contribution in [0.1, 0.15) is 59.7 Å². The molecule has 0 saturated carbocycles. The number of fused-ring (bicyclic) bond motifs is 2. The fraction of sp³-hybridized carbons (Fsp3) is 0.180. The highest BCUT2D eigenvalue weighted by molar-refractivity contribution is 9.10. The molecule has 2 heterocycles. The van der Waals surface area contributed by atoms with Crippen LogP contribution in [0.3, 0.4) is 0 Å². The van der Waals surface area contributed by atoms with Crippen LogP contribution in [0.5, 0.6) is 23.0 Å². The monoisotopic (exact) mass is 1140 g/mol. The Kier molecular flexibility index (Phi) is 22.3. The quantitative estimate of drug-likeness (QED) is 0.0415. The van der Waals surface area contributed by atoms with Gasteiger partial charge in [0.05, 0.1) is 17.7 Å². The topological polar surface area (TPSA) is 224 Å². The van der Waals surface area contributed by atoms with Gasteiger partial charge >= 0.3 is 11.9 Å². The number of hydrogen-bond donors (Lipinski definition) is 6. The van der Waals surface area contributed by atoms with Crippen molar-refractivity contribution in [1.29, 1.82) is 0 Å². The normalized spacial score (nSPS) is 12.9. The molecule has 0 spiro atoms. The van der Waals surface area contributed by atoms with E-state index in [0.29, 0.717) is 71.3 Å². The molecule has 0 radical (unpaired) electrons. The van der Waals surface area contributed by atoms with E-state index >= 15 is 0 Å². The highest BCUT2D eigenvalue weighted by Gasteiger charge is 2.18. The molecule has 0 aromatic heterocycles. The number of carbonyl (C=O) groups is 4. The SMILES string of the molecule is Cc1c(/C=C/c2cc(C=O)ccc2F)cccc1-c1ccc2c(c1)OCCO2.Cc1c(/C=C/c2cc(CNC(CO)C(=O)O)ccc2F)cccc1-c1ccc2c(c1)OCCO2.NC(CO)C(=O)O.O=Cc1ccc(F)c(Br)c1. The third kappa shape index (κ3) is 16.8. The highest BCUT2D eigenvalue weighted by atomic mass is 79.9. The van der Waals surface area contributed by atoms with Crippen molar-refractivity contribution in [3.8, 4) is 45.3 Å². The van der Waals surface area contributed by atoms with Gasteiger partial charge in [-0.1, -0.05) is 78.9 Å². The lowest BCUT2D eigenvalue weighted by Crippen LogP contribution is -2.39. The van der Waals surface area contributed by atoms with Gasteiger partial charge in [-0.25, -0.2) is 13.2 Å². The zero-order chi connectivity index (χ0) is 57.0. The Morgan fingerprint density at radius 1 is 0.570 bits per heavy atom. The Morgan fingerprint density at radius 2 is 1.03 bits per heavy atom. The van der Waals surface area contributed by atoms with Crippen molar-refractivity contribution in [3.05, 3.63) is 199 Å². The third-order valence-corrected chi connectivity index (χ3v) is 12.8. The molecule has 0 bridgehead atoms. The van der Waals surface area contributed by atoms with Gasteiger partial charge in [0.15, 0.2) is 23.0 Å². The summed E-state index contributed by atoms with van der Waals surface area (Å²) in [5.41, 5.74) is 15.4. The summed E-state index contributed by atoms with van der Waals surface area (Å²) in [6.07, 6.45) is 8.51. The van der Waals surface area contributed by atoms with Crippen molar-refractivity contribution in [2.45, 2.75) is 32.5 Å². The molecule has 0 aliphatic carbocycles. The molecule has 2 aliphatic rings. The van der Waals surface area contributed by atoms with Gasteiger partial charge in [0.2, 0.25) is 0 Å². The van der Waals surface area contributed by atoms with Crippen LogP contribution in [0.2, 0.25) is 0 Å². The molecule has 7 aromatic rings. The van der Waals surface area contributed by atoms with Crippen LogP contribution in [0.15, 0.2) is 132 Å². The fourth-order valence-electron chi connectivity index (χ4n) is 7.80. The molecule has 410 valence electrons. The number of aldehydes is 2. The summed E-state index contributed by atoms with van der Waals surface area (Å²) in [7, 11) is 0. The smallest absolute Gasteiger partial charge is 0.323 e. The lowest BCUT2D eigenvalue weighted by Gasteiger charge is -2.19. The minimum Gasteiger partial charge on any atom is -0.486 e. The second-order valence-corrected chi connectivity index (χ2v) is 18.4. The first kappa shape index (κ1) is 59.8. The molecule has 7 aromatic carbocycles. The number of aliphatic carboxylic acids is 2. The first-order valence-corrected chi connectivity index (χ1v) is 25.3. The molecule has 2 atom stereocenters. The Hall–Kier alpha value is -8.39. The van der Waals surface area contributed by atoms with Crippen molar-refractivity contribution < 1.29 is 71.7 Å². The maximum atomic E-state index is 14.4. The zero-order valence-corrected chi connectivity index (χ0v) is 44.4. The van der Waals surface area contributed by atoms with Crippen molar-refractivity contribution in [2.75, 3.05) is 39.6 Å². The van der Waals surface area contributed by atoms with E-state index in [2.05, 4.69) is 21.2 Å². The van der Waals surface area contributed by atoms with Gasteiger partial charge in [-0.3, -0.25) is 24.5 Å². The summed E-state index contributed by atoms with van der Waals surface area (Å²) in [5.74, 6) is -0.442. The number of hydrogen-bond acceptors (Lipinski definition) is 12. The van der Waals surface area contributed by atoms with Crippen molar-refractivity contribution in [1.82, 2.24) is 5.32 Å². The van der Waals surface area contributed by atoms with E-state index in [1.165, 1.54) is 36.4 Å². The molecule has 79 heavy (non-hydrogen) atoms. The first-order valence-electron chi connectivity index (χ1n) is 24.5. The minimum absolute atomic E-state index is 0.192. The summed E-state index contributed by atoms with van der Waals surface area (Å²) < 4.78 is 63.8. The van der Waals surface area contributed by atoms with E-state index in [4.69, 9.17) is 45.1 Å². The van der Waals surface area contributed by atoms with Crippen molar-refractivity contribution in [3.63, 3.8) is 0 Å². The van der Waals surface area contributed by atoms with Crippen molar-refractivity contribution >= 4 is 64.7 Å². The fourth-order valence-corrected chi connectivity index (χ4v) is 8.20. The molecular formula is C61H56BrF3N2O12. The largest absolute Gasteiger partial charge is 0.486 e. The van der Waals surface area contributed by atoms with Crippen LogP contribution < -0.4 is 30.0 Å². The number of rotatable bonds is 15. The van der Waals surface area contributed by atoms with Crippen LogP contribution in [0.25, 0.3) is 46.6 Å². The number of halogens is 4. The van der Waals surface area contributed by atoms with Gasteiger partial charge in [0.1, 0.15) is 68.5 Å². The maximum absolute atomic E-state index is 14.4. The van der Waals surface area contributed by atoms with Gasteiger partial charge in [-0.05, 0) is 153 Å². The van der Waals surface area contributed by atoms with E-state index in [-0.39, 0.29) is 24.0 Å². The number of carboxylic acid groups (broad SMARTS) is 2. The number of carbonyl (C=O) groups excluding carboxylic acids is 2. The number of nitrogens with two attached hydrogens (primary N) is 1. The summed E-state index contributed by atoms with van der Waals surface area (Å²) >= 11 is 2.95. The molecule has 14 nitrogen and oxygen atoms in total. The lowest BCUT2D eigenvalue weighted by atomic mass is 9.95. The van der Waals surface area contributed by atoms with Gasteiger partial charge in [-0.2, -0.15) is 0 Å². The molecule has 2 unspecified atom stereocenters. The zero-order valence-electron chi connectivity index (χ0n) is 42.8. The Morgan fingerprint density at radius 3 is 1.47 bits per heavy atom. The molecule has 2 aliphatic heterocycles. The third-order valence-electron chi connectivity index (χ3n) is 12.2. The number of aliphatic hydroxyl groups is 2. The summed E-state index contributed by atoms with van der Waals surface area (Å²) in [6, 6.07) is 34.6. The minimum atomic E-state index is -1.18.